The Morgan fingerprint density at radius 2 is 1.91 bits per heavy atom. The summed E-state index contributed by atoms with van der Waals surface area (Å²) in [4.78, 5) is 25.3. The first-order valence-electron chi connectivity index (χ1n) is 7.51. The maximum absolute atomic E-state index is 12.3. The highest BCUT2D eigenvalue weighted by Crippen LogP contribution is 2.34. The van der Waals surface area contributed by atoms with E-state index in [-0.39, 0.29) is 18.1 Å². The molecular formula is C17H23NO4. The largest absolute Gasteiger partial charge is 0.478 e. The minimum absolute atomic E-state index is 0.0230. The highest BCUT2D eigenvalue weighted by Gasteiger charge is 2.36. The maximum atomic E-state index is 12.3. The summed E-state index contributed by atoms with van der Waals surface area (Å²) in [7, 11) is 0. The van der Waals surface area contributed by atoms with Gasteiger partial charge in [-0.1, -0.05) is 18.2 Å². The number of amides is 1. The van der Waals surface area contributed by atoms with Crippen LogP contribution in [0.4, 0.5) is 4.79 Å². The van der Waals surface area contributed by atoms with Gasteiger partial charge >= 0.3 is 12.1 Å². The molecule has 0 aromatic heterocycles. The number of carbonyl (C=O) groups excluding carboxylic acids is 1. The Kier molecular flexibility index (Phi) is 4.44. The zero-order valence-electron chi connectivity index (χ0n) is 13.5. The first-order valence-corrected chi connectivity index (χ1v) is 7.51. The molecule has 2 atom stereocenters. The van der Waals surface area contributed by atoms with Crippen molar-refractivity contribution in [2.75, 3.05) is 6.54 Å². The number of rotatable bonds is 2. The fraction of sp³-hybridized carbons (Fsp3) is 0.529. The molecule has 0 bridgehead atoms. The third kappa shape index (κ3) is 3.59. The number of aromatic carboxylic acids is 1. The minimum Gasteiger partial charge on any atom is -0.478 e. The van der Waals surface area contributed by atoms with Gasteiger partial charge in [0.05, 0.1) is 5.56 Å². The van der Waals surface area contributed by atoms with E-state index in [0.29, 0.717) is 12.1 Å². The predicted molar refractivity (Wildman–Crippen MR) is 83.2 cm³/mol. The quantitative estimate of drug-likeness (QED) is 0.908. The van der Waals surface area contributed by atoms with Gasteiger partial charge in [-0.3, -0.25) is 0 Å². The van der Waals surface area contributed by atoms with Gasteiger partial charge in [-0.25, -0.2) is 9.59 Å². The molecule has 1 fully saturated rings. The molecule has 1 aromatic rings. The molecule has 5 nitrogen and oxygen atoms in total. The molecule has 1 amide bonds. The van der Waals surface area contributed by atoms with Crippen LogP contribution in [-0.2, 0) is 4.74 Å². The van der Waals surface area contributed by atoms with Crippen molar-refractivity contribution in [1.29, 1.82) is 0 Å². The average molecular weight is 305 g/mol. The summed E-state index contributed by atoms with van der Waals surface area (Å²) in [6.07, 6.45) is 0.402. The van der Waals surface area contributed by atoms with Gasteiger partial charge in [0.25, 0.3) is 0 Å². The number of carboxylic acids is 1. The van der Waals surface area contributed by atoms with Crippen LogP contribution in [0.2, 0.25) is 0 Å². The molecule has 0 unspecified atom stereocenters. The van der Waals surface area contributed by atoms with Crippen LogP contribution in [0.3, 0.4) is 0 Å². The van der Waals surface area contributed by atoms with Gasteiger partial charge in [0.1, 0.15) is 5.60 Å². The van der Waals surface area contributed by atoms with Crippen molar-refractivity contribution in [2.45, 2.75) is 51.7 Å². The minimum atomic E-state index is -0.932. The first-order chi connectivity index (χ1) is 10.2. The van der Waals surface area contributed by atoms with Crippen LogP contribution in [0.5, 0.6) is 0 Å². The molecule has 1 aliphatic heterocycles. The number of carboxylic acid groups (broad SMARTS) is 1. The van der Waals surface area contributed by atoms with E-state index >= 15 is 0 Å². The lowest BCUT2D eigenvalue weighted by molar-refractivity contribution is 0.0237. The first kappa shape index (κ1) is 16.3. The second-order valence-corrected chi connectivity index (χ2v) is 6.81. The Hall–Kier alpha value is -2.04. The number of hydrogen-bond acceptors (Lipinski definition) is 3. The maximum Gasteiger partial charge on any atom is 0.410 e. The number of ether oxygens (including phenoxy) is 1. The summed E-state index contributed by atoms with van der Waals surface area (Å²) < 4.78 is 5.42. The van der Waals surface area contributed by atoms with Crippen LogP contribution in [0.15, 0.2) is 24.3 Å². The van der Waals surface area contributed by atoms with Gasteiger partial charge in [-0.2, -0.15) is 0 Å². The molecule has 0 aliphatic carbocycles. The van der Waals surface area contributed by atoms with E-state index in [4.69, 9.17) is 4.74 Å². The van der Waals surface area contributed by atoms with E-state index in [1.165, 1.54) is 0 Å². The lowest BCUT2D eigenvalue weighted by Gasteiger charge is -2.27. The van der Waals surface area contributed by atoms with Gasteiger partial charge in [-0.05, 0) is 45.7 Å². The van der Waals surface area contributed by atoms with Crippen molar-refractivity contribution in [2.24, 2.45) is 0 Å². The topological polar surface area (TPSA) is 66.8 Å². The second kappa shape index (κ2) is 5.99. The number of hydrogen-bond donors (Lipinski definition) is 1. The second-order valence-electron chi connectivity index (χ2n) is 6.81. The summed E-state index contributed by atoms with van der Waals surface area (Å²) in [5, 5.41) is 9.31. The molecule has 1 aromatic carbocycles. The van der Waals surface area contributed by atoms with E-state index in [1.807, 2.05) is 39.8 Å². The highest BCUT2D eigenvalue weighted by molar-refractivity contribution is 5.89. The summed E-state index contributed by atoms with van der Waals surface area (Å²) in [5.41, 5.74) is 0.562. The van der Waals surface area contributed by atoms with Crippen molar-refractivity contribution in [3.05, 3.63) is 35.4 Å². The number of likely N-dealkylation sites (tertiary alicyclic amines) is 1. The zero-order chi connectivity index (χ0) is 16.5. The van der Waals surface area contributed by atoms with Gasteiger partial charge in [-0.15, -0.1) is 0 Å². The third-order valence-electron chi connectivity index (χ3n) is 3.83. The molecule has 2 rings (SSSR count). The molecule has 0 saturated carbocycles. The van der Waals surface area contributed by atoms with E-state index < -0.39 is 11.6 Å². The summed E-state index contributed by atoms with van der Waals surface area (Å²) in [6, 6.07) is 7.03. The van der Waals surface area contributed by atoms with Gasteiger partial charge in [0.2, 0.25) is 0 Å². The van der Waals surface area contributed by atoms with Crippen molar-refractivity contribution >= 4 is 12.1 Å². The normalized spacial score (nSPS) is 21.7. The summed E-state index contributed by atoms with van der Waals surface area (Å²) in [6.45, 7) is 7.96. The highest BCUT2D eigenvalue weighted by atomic mass is 16.6. The molecule has 1 heterocycles. The van der Waals surface area contributed by atoms with Crippen LogP contribution in [0.1, 0.15) is 56.0 Å². The smallest absolute Gasteiger partial charge is 0.410 e. The Labute approximate surface area is 130 Å². The van der Waals surface area contributed by atoms with Crippen LogP contribution < -0.4 is 0 Å². The molecular weight excluding hydrogens is 282 g/mol. The van der Waals surface area contributed by atoms with Crippen molar-refractivity contribution in [3.8, 4) is 0 Å². The Morgan fingerprint density at radius 1 is 1.27 bits per heavy atom. The molecule has 120 valence electrons. The molecule has 5 heteroatoms. The van der Waals surface area contributed by atoms with E-state index in [0.717, 1.165) is 12.0 Å². The van der Waals surface area contributed by atoms with Gasteiger partial charge < -0.3 is 14.7 Å². The molecule has 1 aliphatic rings. The van der Waals surface area contributed by atoms with E-state index in [2.05, 4.69) is 0 Å². The van der Waals surface area contributed by atoms with Crippen LogP contribution in [-0.4, -0.2) is 40.3 Å². The summed E-state index contributed by atoms with van der Waals surface area (Å²) in [5.74, 6) is -0.909. The van der Waals surface area contributed by atoms with Gasteiger partial charge in [0, 0.05) is 18.5 Å². The molecule has 22 heavy (non-hydrogen) atoms. The Morgan fingerprint density at radius 3 is 2.50 bits per heavy atom. The van der Waals surface area contributed by atoms with Crippen LogP contribution in [0.25, 0.3) is 0 Å². The third-order valence-corrected chi connectivity index (χ3v) is 3.83. The van der Waals surface area contributed by atoms with Crippen molar-refractivity contribution < 1.29 is 19.4 Å². The molecule has 0 radical (unpaired) electrons. The standard InChI is InChI=1S/C17H23NO4/c1-11-9-12(10-18(11)16(21)22-17(2,3)4)13-7-5-6-8-14(13)15(19)20/h5-8,11-12H,9-10H2,1-4H3,(H,19,20)/t11-,12-/m1/s1. The fourth-order valence-electron chi connectivity index (χ4n) is 2.88. The monoisotopic (exact) mass is 305 g/mol. The SMILES string of the molecule is C[C@@H]1C[C@@H](c2ccccc2C(=O)O)CN1C(=O)OC(C)(C)C. The molecule has 0 spiro atoms. The van der Waals surface area contributed by atoms with Crippen molar-refractivity contribution in [1.82, 2.24) is 4.90 Å². The number of carbonyl (C=O) groups is 2. The zero-order valence-corrected chi connectivity index (χ0v) is 13.5. The van der Waals surface area contributed by atoms with E-state index in [1.54, 1.807) is 17.0 Å². The Bertz CT molecular complexity index is 576. The fourth-order valence-corrected chi connectivity index (χ4v) is 2.88. The average Bonchev–Trinajstić information content (AvgIpc) is 2.79. The summed E-state index contributed by atoms with van der Waals surface area (Å²) >= 11 is 0. The number of benzene rings is 1. The van der Waals surface area contributed by atoms with E-state index in [9.17, 15) is 14.7 Å². The predicted octanol–water partition coefficient (Wildman–Crippen LogP) is 3.50. The van der Waals surface area contributed by atoms with Crippen molar-refractivity contribution in [3.63, 3.8) is 0 Å². The Balaban J connectivity index is 2.18. The molecule has 1 saturated heterocycles. The lowest BCUT2D eigenvalue weighted by Crippen LogP contribution is -2.38. The van der Waals surface area contributed by atoms with Crippen LogP contribution >= 0.6 is 0 Å². The molecule has 1 N–H and O–H groups in total. The van der Waals surface area contributed by atoms with Gasteiger partial charge in [0.15, 0.2) is 0 Å². The lowest BCUT2D eigenvalue weighted by atomic mass is 9.92. The van der Waals surface area contributed by atoms with Crippen LogP contribution in [0, 0.1) is 0 Å². The number of nitrogens with zero attached hydrogens (tertiary/aromatic N) is 1.